The van der Waals surface area contributed by atoms with E-state index in [1.807, 2.05) is 12.3 Å². The van der Waals surface area contributed by atoms with E-state index in [9.17, 15) is 4.79 Å². The van der Waals surface area contributed by atoms with Crippen LogP contribution in [-0.4, -0.2) is 65.3 Å². The van der Waals surface area contributed by atoms with Crippen LogP contribution in [0.3, 0.4) is 0 Å². The summed E-state index contributed by atoms with van der Waals surface area (Å²) in [6.45, 7) is 0.0808. The molecular formula is C27H25N9O. The number of carbonyl (C=O) groups excluding carboxylic acids is 1. The third-order valence-electron chi connectivity index (χ3n) is 7.26. The second-order valence-electron chi connectivity index (χ2n) is 9.80. The molecule has 7 rings (SSSR count). The summed E-state index contributed by atoms with van der Waals surface area (Å²) in [5.41, 5.74) is 9.04. The number of nitrogens with zero attached hydrogens (tertiary/aromatic N) is 7. The summed E-state index contributed by atoms with van der Waals surface area (Å²) in [5, 5.41) is 27.1. The molecule has 1 aliphatic carbocycles. The summed E-state index contributed by atoms with van der Waals surface area (Å²) in [6, 6.07) is 10.5. The molecule has 0 bridgehead atoms. The van der Waals surface area contributed by atoms with Gasteiger partial charge >= 0.3 is 0 Å². The number of likely N-dealkylation sites (N-methyl/N-ethyl adjacent to an activating group) is 1. The van der Waals surface area contributed by atoms with Crippen LogP contribution in [0.15, 0.2) is 42.7 Å². The van der Waals surface area contributed by atoms with Crippen molar-refractivity contribution in [3.05, 3.63) is 53.9 Å². The Morgan fingerprint density at radius 1 is 0.973 bits per heavy atom. The molecule has 1 amide bonds. The van der Waals surface area contributed by atoms with E-state index >= 15 is 0 Å². The van der Waals surface area contributed by atoms with Crippen molar-refractivity contribution in [1.29, 1.82) is 0 Å². The highest BCUT2D eigenvalue weighted by Crippen LogP contribution is 2.40. The summed E-state index contributed by atoms with van der Waals surface area (Å²) >= 11 is 0. The van der Waals surface area contributed by atoms with E-state index in [1.54, 1.807) is 20.3 Å². The molecule has 10 nitrogen and oxygen atoms in total. The van der Waals surface area contributed by atoms with Gasteiger partial charge in [-0.25, -0.2) is 4.98 Å². The van der Waals surface area contributed by atoms with Gasteiger partial charge in [0.15, 0.2) is 0 Å². The van der Waals surface area contributed by atoms with E-state index in [0.717, 1.165) is 75.3 Å². The second kappa shape index (κ2) is 8.22. The first-order valence-electron chi connectivity index (χ1n) is 12.4. The van der Waals surface area contributed by atoms with Crippen LogP contribution in [0, 0.1) is 0 Å². The highest BCUT2D eigenvalue weighted by atomic mass is 16.2. The molecule has 184 valence electrons. The smallest absolute Gasteiger partial charge is 0.245 e. The maximum Gasteiger partial charge on any atom is 0.245 e. The zero-order chi connectivity index (χ0) is 25.1. The fourth-order valence-corrected chi connectivity index (χ4v) is 5.39. The van der Waals surface area contributed by atoms with Crippen molar-refractivity contribution in [2.75, 3.05) is 14.1 Å². The summed E-state index contributed by atoms with van der Waals surface area (Å²) in [5.74, 6) is -0.0705. The Kier molecular flexibility index (Phi) is 4.82. The highest BCUT2D eigenvalue weighted by molar-refractivity contribution is 6.13. The molecule has 2 N–H and O–H groups in total. The summed E-state index contributed by atoms with van der Waals surface area (Å²) < 4.78 is 0. The van der Waals surface area contributed by atoms with E-state index in [2.05, 4.69) is 54.9 Å². The highest BCUT2D eigenvalue weighted by Gasteiger charge is 2.24. The maximum absolute atomic E-state index is 12.2. The first kappa shape index (κ1) is 21.7. The Bertz CT molecular complexity index is 1820. The summed E-state index contributed by atoms with van der Waals surface area (Å²) in [4.78, 5) is 20.3. The van der Waals surface area contributed by atoms with Gasteiger partial charge in [-0.3, -0.25) is 15.0 Å². The van der Waals surface area contributed by atoms with Crippen LogP contribution in [0.5, 0.6) is 0 Å². The topological polar surface area (TPSA) is 121 Å². The quantitative estimate of drug-likeness (QED) is 0.386. The van der Waals surface area contributed by atoms with E-state index in [0.29, 0.717) is 5.69 Å². The molecule has 0 aliphatic heterocycles. The first-order chi connectivity index (χ1) is 18.1. The van der Waals surface area contributed by atoms with Gasteiger partial charge in [-0.15, -0.1) is 0 Å². The van der Waals surface area contributed by atoms with Gasteiger partial charge in [-0.1, -0.05) is 6.07 Å². The Labute approximate surface area is 211 Å². The number of aryl methyl sites for hydroxylation is 1. The number of aromatic amines is 2. The van der Waals surface area contributed by atoms with Crippen molar-refractivity contribution in [2.24, 2.45) is 0 Å². The van der Waals surface area contributed by atoms with E-state index in [-0.39, 0.29) is 12.5 Å². The summed E-state index contributed by atoms with van der Waals surface area (Å²) in [7, 11) is 3.44. The molecular weight excluding hydrogens is 466 g/mol. The lowest BCUT2D eigenvalue weighted by Gasteiger charge is -2.22. The molecule has 0 saturated heterocycles. The Morgan fingerprint density at radius 3 is 2.68 bits per heavy atom. The minimum atomic E-state index is -0.0705. The van der Waals surface area contributed by atoms with Crippen molar-refractivity contribution in [3.63, 3.8) is 0 Å². The molecule has 2 aromatic carbocycles. The lowest BCUT2D eigenvalue weighted by atomic mass is 9.85. The van der Waals surface area contributed by atoms with E-state index in [4.69, 9.17) is 4.98 Å². The van der Waals surface area contributed by atoms with Gasteiger partial charge in [0.25, 0.3) is 0 Å². The van der Waals surface area contributed by atoms with E-state index < -0.39 is 0 Å². The molecule has 10 heteroatoms. The standard InChI is InChI=1S/C27H25N9O/c1-35(2)23(37)14-36-29-13-22(34-36)27-25-21(32-33-27)10-9-20-24(25)17-5-3-4-6-18(17)26(30-20)15-7-8-19-16(11-15)12-28-31-19/h7-13H,3-6,14H2,1-2H3,(H,28,31)(H,32,33). The number of hydrogen-bond donors (Lipinski definition) is 2. The van der Waals surface area contributed by atoms with Crippen molar-refractivity contribution in [2.45, 2.75) is 32.2 Å². The number of benzene rings is 2. The normalized spacial score (nSPS) is 13.5. The molecule has 0 unspecified atom stereocenters. The molecule has 0 saturated carbocycles. The number of rotatable bonds is 4. The van der Waals surface area contributed by atoms with Crippen LogP contribution in [-0.2, 0) is 24.2 Å². The number of fused-ring (bicyclic) bond motifs is 6. The average molecular weight is 492 g/mol. The van der Waals surface area contributed by atoms with Crippen LogP contribution < -0.4 is 0 Å². The van der Waals surface area contributed by atoms with Crippen molar-refractivity contribution >= 4 is 38.6 Å². The van der Waals surface area contributed by atoms with Crippen LogP contribution >= 0.6 is 0 Å². The molecule has 0 spiro atoms. The number of H-pyrrole nitrogens is 2. The zero-order valence-corrected chi connectivity index (χ0v) is 20.6. The average Bonchev–Trinajstić information content (AvgIpc) is 3.66. The number of pyridine rings is 1. The fourth-order valence-electron chi connectivity index (χ4n) is 5.39. The minimum absolute atomic E-state index is 0.0705. The van der Waals surface area contributed by atoms with Crippen molar-refractivity contribution in [3.8, 4) is 22.6 Å². The van der Waals surface area contributed by atoms with E-state index in [1.165, 1.54) is 20.8 Å². The SMILES string of the molecule is CN(C)C(=O)Cn1ncc(-c2n[nH]c3ccc4nc(-c5ccc6[nH]ncc6c5)c5c(c4c23)CCCC5)n1. The lowest BCUT2D eigenvalue weighted by molar-refractivity contribution is -0.129. The molecule has 6 aromatic rings. The second-order valence-corrected chi connectivity index (χ2v) is 9.80. The largest absolute Gasteiger partial charge is 0.347 e. The van der Waals surface area contributed by atoms with Crippen LogP contribution in [0.1, 0.15) is 24.0 Å². The monoisotopic (exact) mass is 491 g/mol. The molecule has 0 radical (unpaired) electrons. The predicted molar refractivity (Wildman–Crippen MR) is 141 cm³/mol. The molecule has 1 aliphatic rings. The van der Waals surface area contributed by atoms with Gasteiger partial charge in [0.2, 0.25) is 5.91 Å². The number of carbonyl (C=O) groups is 1. The van der Waals surface area contributed by atoms with Gasteiger partial charge in [0.1, 0.15) is 17.9 Å². The molecule has 37 heavy (non-hydrogen) atoms. The van der Waals surface area contributed by atoms with Gasteiger partial charge < -0.3 is 4.90 Å². The van der Waals surface area contributed by atoms with Crippen LogP contribution in [0.25, 0.3) is 55.4 Å². The molecule has 0 atom stereocenters. The van der Waals surface area contributed by atoms with Crippen LogP contribution in [0.2, 0.25) is 0 Å². The lowest BCUT2D eigenvalue weighted by Crippen LogP contribution is -2.27. The Balaban J connectivity index is 1.43. The Morgan fingerprint density at radius 2 is 1.81 bits per heavy atom. The summed E-state index contributed by atoms with van der Waals surface area (Å²) in [6.07, 6.45) is 7.79. The van der Waals surface area contributed by atoms with Crippen molar-refractivity contribution < 1.29 is 4.79 Å². The van der Waals surface area contributed by atoms with Gasteiger partial charge in [-0.05, 0) is 61.1 Å². The molecule has 4 heterocycles. The fraction of sp³-hybridized carbons (Fsp3) is 0.259. The number of hydrogen-bond acceptors (Lipinski definition) is 6. The Hall–Kier alpha value is -4.60. The van der Waals surface area contributed by atoms with Crippen molar-refractivity contribution in [1.82, 2.24) is 45.3 Å². The first-order valence-corrected chi connectivity index (χ1v) is 12.4. The minimum Gasteiger partial charge on any atom is -0.347 e. The molecule has 4 aromatic heterocycles. The van der Waals surface area contributed by atoms with Crippen LogP contribution in [0.4, 0.5) is 0 Å². The number of aromatic nitrogens is 8. The third kappa shape index (κ3) is 3.47. The zero-order valence-electron chi connectivity index (χ0n) is 20.6. The molecule has 0 fully saturated rings. The third-order valence-corrected chi connectivity index (χ3v) is 7.26. The maximum atomic E-state index is 12.2. The predicted octanol–water partition coefficient (Wildman–Crippen LogP) is 3.88. The van der Waals surface area contributed by atoms with Gasteiger partial charge in [-0.2, -0.15) is 25.2 Å². The van der Waals surface area contributed by atoms with Gasteiger partial charge in [0, 0.05) is 35.8 Å². The number of nitrogens with one attached hydrogen (secondary N) is 2. The number of amides is 1. The van der Waals surface area contributed by atoms with Gasteiger partial charge in [0.05, 0.1) is 34.6 Å².